The molecule has 2 aromatic carbocycles. The summed E-state index contributed by atoms with van der Waals surface area (Å²) < 4.78 is 27.4. The maximum Gasteiger partial charge on any atom is 0.287 e. The summed E-state index contributed by atoms with van der Waals surface area (Å²) in [4.78, 5) is 50.3. The number of nitrogens with two attached hydrogens (primary N) is 1. The number of hydrogen-bond donors (Lipinski definition) is 2. The first-order valence-corrected chi connectivity index (χ1v) is 9.67. The summed E-state index contributed by atoms with van der Waals surface area (Å²) in [7, 11) is 0. The number of benzene rings is 2. The Morgan fingerprint density at radius 1 is 1.06 bits per heavy atom. The van der Waals surface area contributed by atoms with E-state index in [2.05, 4.69) is 5.32 Å². The first-order valence-electron chi connectivity index (χ1n) is 9.67. The van der Waals surface area contributed by atoms with Gasteiger partial charge in [-0.25, -0.2) is 8.78 Å². The number of primary amides is 1. The van der Waals surface area contributed by atoms with Crippen LogP contribution in [-0.2, 0) is 32.1 Å². The number of amides is 3. The lowest BCUT2D eigenvalue weighted by Gasteiger charge is -2.32. The fourth-order valence-corrected chi connectivity index (χ4v) is 3.59. The molecule has 162 valence electrons. The highest BCUT2D eigenvalue weighted by atomic mass is 19.1. The average Bonchev–Trinajstić information content (AvgIpc) is 3.16. The Morgan fingerprint density at radius 3 is 2.26 bits per heavy atom. The van der Waals surface area contributed by atoms with Crippen molar-refractivity contribution in [3.05, 3.63) is 71.3 Å². The second-order valence-electron chi connectivity index (χ2n) is 7.34. The van der Waals surface area contributed by atoms with Crippen LogP contribution in [0.5, 0.6) is 0 Å². The normalized spacial score (nSPS) is 16.5. The molecule has 31 heavy (non-hydrogen) atoms. The molecule has 0 bridgehead atoms. The largest absolute Gasteiger partial charge is 0.363 e. The van der Waals surface area contributed by atoms with Crippen molar-refractivity contribution in [3.63, 3.8) is 0 Å². The minimum Gasteiger partial charge on any atom is -0.363 e. The second-order valence-corrected chi connectivity index (χ2v) is 7.34. The molecule has 9 heteroatoms. The van der Waals surface area contributed by atoms with Gasteiger partial charge in [-0.3, -0.25) is 19.2 Å². The van der Waals surface area contributed by atoms with E-state index < -0.39 is 41.3 Å². The van der Waals surface area contributed by atoms with Crippen molar-refractivity contribution in [2.75, 3.05) is 0 Å². The number of ketones is 1. The van der Waals surface area contributed by atoms with E-state index in [0.717, 1.165) is 17.0 Å². The molecule has 0 radical (unpaired) electrons. The summed E-state index contributed by atoms with van der Waals surface area (Å²) in [5.74, 6) is -4.91. The third-order valence-corrected chi connectivity index (χ3v) is 5.05. The van der Waals surface area contributed by atoms with Gasteiger partial charge >= 0.3 is 0 Å². The second kappa shape index (κ2) is 9.46. The van der Waals surface area contributed by atoms with E-state index in [-0.39, 0.29) is 37.3 Å². The fourth-order valence-electron chi connectivity index (χ4n) is 3.59. The maximum atomic E-state index is 13.7. The fraction of sp³-hybridized carbons (Fsp3) is 0.273. The Morgan fingerprint density at radius 2 is 1.71 bits per heavy atom. The van der Waals surface area contributed by atoms with Crippen molar-refractivity contribution in [2.24, 2.45) is 5.73 Å². The summed E-state index contributed by atoms with van der Waals surface area (Å²) in [6.45, 7) is -0.351. The van der Waals surface area contributed by atoms with Gasteiger partial charge in [-0.05, 0) is 29.7 Å². The molecule has 0 aromatic heterocycles. The van der Waals surface area contributed by atoms with Gasteiger partial charge in [0.2, 0.25) is 17.6 Å². The number of hydrogen-bond acceptors (Lipinski definition) is 4. The Kier molecular flexibility index (Phi) is 6.74. The van der Waals surface area contributed by atoms with Crippen LogP contribution in [-0.4, -0.2) is 40.5 Å². The number of Topliss-reactive ketones (excluding diaryl/α,β-unsaturated/α-hetero) is 1. The van der Waals surface area contributed by atoms with Crippen molar-refractivity contribution in [1.82, 2.24) is 10.2 Å². The van der Waals surface area contributed by atoms with E-state index in [4.69, 9.17) is 5.73 Å². The Balaban J connectivity index is 2.00. The zero-order valence-electron chi connectivity index (χ0n) is 16.5. The predicted molar refractivity (Wildman–Crippen MR) is 106 cm³/mol. The summed E-state index contributed by atoms with van der Waals surface area (Å²) in [5, 5.41) is 2.52. The molecule has 1 saturated heterocycles. The minimum absolute atomic E-state index is 0.0349. The minimum atomic E-state index is -1.31. The summed E-state index contributed by atoms with van der Waals surface area (Å²) >= 11 is 0. The Labute approximate surface area is 177 Å². The third-order valence-electron chi connectivity index (χ3n) is 5.05. The molecule has 1 heterocycles. The first-order chi connectivity index (χ1) is 14.7. The molecule has 1 fully saturated rings. The lowest BCUT2D eigenvalue weighted by molar-refractivity contribution is -0.146. The van der Waals surface area contributed by atoms with E-state index in [1.54, 1.807) is 30.3 Å². The molecule has 7 nitrogen and oxygen atoms in total. The van der Waals surface area contributed by atoms with Crippen LogP contribution in [0, 0.1) is 11.6 Å². The molecule has 1 aliphatic rings. The predicted octanol–water partition coefficient (Wildman–Crippen LogP) is 1.24. The third kappa shape index (κ3) is 5.50. The molecule has 3 amide bonds. The SMILES string of the molecule is NC(=O)C(=O)C(Cc1ccccc1)N(Cc1cc(F)cc(F)c1)C(=O)[C@@H]1CCC(=O)N1. The molecule has 2 aromatic rings. The van der Waals surface area contributed by atoms with E-state index in [1.807, 2.05) is 0 Å². The molecular weight excluding hydrogens is 408 g/mol. The first kappa shape index (κ1) is 22.1. The van der Waals surface area contributed by atoms with Gasteiger partial charge in [-0.15, -0.1) is 0 Å². The van der Waals surface area contributed by atoms with Crippen LogP contribution in [0.4, 0.5) is 8.78 Å². The lowest BCUT2D eigenvalue weighted by Crippen LogP contribution is -2.54. The number of halogens is 2. The number of carbonyl (C=O) groups is 4. The molecule has 3 rings (SSSR count). The van der Waals surface area contributed by atoms with Crippen molar-refractivity contribution in [2.45, 2.75) is 37.9 Å². The van der Waals surface area contributed by atoms with Crippen LogP contribution >= 0.6 is 0 Å². The van der Waals surface area contributed by atoms with Crippen LogP contribution in [0.25, 0.3) is 0 Å². The average molecular weight is 429 g/mol. The van der Waals surface area contributed by atoms with Gasteiger partial charge in [-0.2, -0.15) is 0 Å². The standard InChI is InChI=1S/C22H21F2N3O4/c23-15-8-14(9-16(24)11-15)12-27(22(31)17-6-7-19(28)26-17)18(20(29)21(25)30)10-13-4-2-1-3-5-13/h1-5,8-9,11,17-18H,6-7,10,12H2,(H2,25,30)(H,26,28)/t17-,18?/m0/s1. The molecule has 0 aliphatic carbocycles. The van der Waals surface area contributed by atoms with Crippen molar-refractivity contribution < 1.29 is 28.0 Å². The molecule has 3 N–H and O–H groups in total. The highest BCUT2D eigenvalue weighted by molar-refractivity contribution is 6.37. The van der Waals surface area contributed by atoms with Gasteiger partial charge in [0, 0.05) is 25.5 Å². The highest BCUT2D eigenvalue weighted by Crippen LogP contribution is 2.20. The van der Waals surface area contributed by atoms with Gasteiger partial charge in [0.15, 0.2) is 0 Å². The van der Waals surface area contributed by atoms with Crippen LogP contribution in [0.15, 0.2) is 48.5 Å². The summed E-state index contributed by atoms with van der Waals surface area (Å²) in [6.07, 6.45) is 0.299. The van der Waals surface area contributed by atoms with Crippen LogP contribution < -0.4 is 11.1 Å². The van der Waals surface area contributed by atoms with E-state index in [1.165, 1.54) is 0 Å². The number of nitrogens with one attached hydrogen (secondary N) is 1. The molecule has 0 spiro atoms. The highest BCUT2D eigenvalue weighted by Gasteiger charge is 2.38. The Bertz CT molecular complexity index is 993. The number of nitrogens with zero attached hydrogens (tertiary/aromatic N) is 1. The van der Waals surface area contributed by atoms with Gasteiger partial charge in [0.05, 0.1) is 0 Å². The van der Waals surface area contributed by atoms with Gasteiger partial charge in [-0.1, -0.05) is 30.3 Å². The Hall–Kier alpha value is -3.62. The number of rotatable bonds is 8. The topological polar surface area (TPSA) is 110 Å². The van der Waals surface area contributed by atoms with E-state index in [9.17, 15) is 28.0 Å². The van der Waals surface area contributed by atoms with Crippen LogP contribution in [0.1, 0.15) is 24.0 Å². The van der Waals surface area contributed by atoms with E-state index in [0.29, 0.717) is 11.6 Å². The van der Waals surface area contributed by atoms with Gasteiger partial charge in [0.25, 0.3) is 5.91 Å². The summed E-state index contributed by atoms with van der Waals surface area (Å²) in [5.41, 5.74) is 5.97. The van der Waals surface area contributed by atoms with Crippen molar-refractivity contribution in [3.8, 4) is 0 Å². The molecular formula is C22H21F2N3O4. The molecule has 0 saturated carbocycles. The lowest BCUT2D eigenvalue weighted by atomic mass is 9.98. The monoisotopic (exact) mass is 429 g/mol. The van der Waals surface area contributed by atoms with Crippen molar-refractivity contribution in [1.29, 1.82) is 0 Å². The zero-order chi connectivity index (χ0) is 22.5. The molecule has 2 atom stereocenters. The van der Waals surface area contributed by atoms with Gasteiger partial charge in [0.1, 0.15) is 23.7 Å². The molecule has 1 aliphatic heterocycles. The van der Waals surface area contributed by atoms with Crippen molar-refractivity contribution >= 4 is 23.5 Å². The van der Waals surface area contributed by atoms with Crippen LogP contribution in [0.2, 0.25) is 0 Å². The van der Waals surface area contributed by atoms with Gasteiger partial charge < -0.3 is 16.0 Å². The quantitative estimate of drug-likeness (QED) is 0.615. The smallest absolute Gasteiger partial charge is 0.287 e. The molecule has 1 unspecified atom stereocenters. The van der Waals surface area contributed by atoms with Crippen LogP contribution in [0.3, 0.4) is 0 Å². The maximum absolute atomic E-state index is 13.7. The zero-order valence-corrected chi connectivity index (χ0v) is 16.5. The number of carbonyl (C=O) groups excluding carboxylic acids is 4. The summed E-state index contributed by atoms with van der Waals surface area (Å²) in [6, 6.07) is 9.17. The van der Waals surface area contributed by atoms with E-state index >= 15 is 0 Å².